The predicted octanol–water partition coefficient (Wildman–Crippen LogP) is -2.97. The zero-order chi connectivity index (χ0) is 12.0. The minimum absolute atomic E-state index is 0. The van der Waals surface area contributed by atoms with Crippen LogP contribution in [0.4, 0.5) is 4.39 Å². The van der Waals surface area contributed by atoms with Gasteiger partial charge in [0.05, 0.1) is 32.0 Å². The van der Waals surface area contributed by atoms with E-state index in [0.29, 0.717) is 0 Å². The zero-order valence-corrected chi connectivity index (χ0v) is 10.0. The molecule has 4 nitrogen and oxygen atoms in total. The molecule has 0 unspecified atom stereocenters. The van der Waals surface area contributed by atoms with Gasteiger partial charge >= 0.3 is 0 Å². The van der Waals surface area contributed by atoms with Crippen molar-refractivity contribution in [3.05, 3.63) is 35.6 Å². The molecule has 0 aliphatic carbocycles. The lowest BCUT2D eigenvalue weighted by atomic mass is 10.1. The Bertz CT molecular complexity index is 317. The third-order valence-corrected chi connectivity index (χ3v) is 2.20. The Morgan fingerprint density at radius 1 is 1.18 bits per heavy atom. The highest BCUT2D eigenvalue weighted by atomic mass is 35.5. The van der Waals surface area contributed by atoms with Gasteiger partial charge in [-0.1, -0.05) is 12.1 Å². The fourth-order valence-corrected chi connectivity index (χ4v) is 1.09. The lowest BCUT2D eigenvalue weighted by Crippen LogP contribution is -3.00. The number of hydrogen-bond acceptors (Lipinski definition) is 4. The minimum atomic E-state index is -1.12. The maximum Gasteiger partial charge on any atom is 0.123 e. The van der Waals surface area contributed by atoms with E-state index in [2.05, 4.69) is 0 Å². The Hall–Kier alpha value is -0.720. The van der Waals surface area contributed by atoms with Gasteiger partial charge in [0.15, 0.2) is 0 Å². The van der Waals surface area contributed by atoms with E-state index >= 15 is 0 Å². The van der Waals surface area contributed by atoms with Gasteiger partial charge in [0, 0.05) is 0 Å². The molecule has 0 saturated heterocycles. The normalized spacial score (nSPS) is 11.1. The van der Waals surface area contributed by atoms with Crippen molar-refractivity contribution in [2.75, 3.05) is 19.8 Å². The number of halogens is 2. The van der Waals surface area contributed by atoms with Gasteiger partial charge in [0.1, 0.15) is 5.82 Å². The fourth-order valence-electron chi connectivity index (χ4n) is 1.09. The first-order valence-corrected chi connectivity index (χ1v) is 4.92. The molecule has 0 atom stereocenters. The van der Waals surface area contributed by atoms with Crippen LogP contribution in [0.3, 0.4) is 0 Å². The van der Waals surface area contributed by atoms with Crippen molar-refractivity contribution < 1.29 is 31.7 Å². The van der Waals surface area contributed by atoms with Crippen LogP contribution in [0.15, 0.2) is 24.3 Å². The first-order chi connectivity index (χ1) is 7.59. The molecule has 1 rings (SSSR count). The maximum absolute atomic E-state index is 12.6. The summed E-state index contributed by atoms with van der Waals surface area (Å²) in [5, 5.41) is 17.8. The Morgan fingerprint density at radius 3 is 2.18 bits per heavy atom. The Morgan fingerprint density at radius 2 is 1.71 bits per heavy atom. The number of aliphatic hydroxyl groups excluding tert-OH is 2. The average Bonchev–Trinajstić information content (AvgIpc) is 2.31. The van der Waals surface area contributed by atoms with Gasteiger partial charge in [-0.15, -0.1) is 0 Å². The van der Waals surface area contributed by atoms with Crippen LogP contribution >= 0.6 is 0 Å². The van der Waals surface area contributed by atoms with Gasteiger partial charge in [0.2, 0.25) is 0 Å². The third-order valence-electron chi connectivity index (χ3n) is 2.20. The van der Waals surface area contributed by atoms with E-state index < -0.39 is 5.54 Å². The van der Waals surface area contributed by atoms with Crippen LogP contribution in [0.2, 0.25) is 0 Å². The summed E-state index contributed by atoms with van der Waals surface area (Å²) in [5.74, 6) is -0.303. The van der Waals surface area contributed by atoms with Gasteiger partial charge in [-0.05, 0) is 17.7 Å². The van der Waals surface area contributed by atoms with Crippen LogP contribution in [0.5, 0.6) is 0 Å². The highest BCUT2D eigenvalue weighted by Gasteiger charge is 2.23. The van der Waals surface area contributed by atoms with Crippen molar-refractivity contribution in [2.45, 2.75) is 12.1 Å². The second-order valence-corrected chi connectivity index (χ2v) is 3.80. The fraction of sp³-hybridized carbons (Fsp3) is 0.455. The molecule has 0 spiro atoms. The number of hydrogen-bond donors (Lipinski definition) is 3. The molecule has 0 radical (unpaired) electrons. The topological polar surface area (TPSA) is 75.7 Å². The molecule has 98 valence electrons. The average molecular weight is 265 g/mol. The zero-order valence-electron chi connectivity index (χ0n) is 9.27. The summed E-state index contributed by atoms with van der Waals surface area (Å²) in [4.78, 5) is 0. The first kappa shape index (κ1) is 16.3. The molecule has 0 aliphatic heterocycles. The molecule has 0 aliphatic rings. The summed E-state index contributed by atoms with van der Waals surface area (Å²) in [6.45, 7) is -0.406. The molecular weight excluding hydrogens is 249 g/mol. The van der Waals surface area contributed by atoms with E-state index in [1.54, 1.807) is 12.1 Å². The van der Waals surface area contributed by atoms with Crippen LogP contribution in [0, 0.1) is 5.82 Å². The van der Waals surface area contributed by atoms with Crippen LogP contribution in [0.25, 0.3) is 0 Å². The van der Waals surface area contributed by atoms with E-state index in [-0.39, 0.29) is 44.7 Å². The summed E-state index contributed by atoms with van der Waals surface area (Å²) in [6, 6.07) is 5.88. The van der Waals surface area contributed by atoms with E-state index in [1.165, 1.54) is 12.1 Å². The largest absolute Gasteiger partial charge is 1.00 e. The quantitative estimate of drug-likeness (QED) is 0.513. The standard InChI is InChI=1S/C11H16FNO3.ClH/c12-10-3-1-9(2-4-10)5-16-8-11(13,6-14)7-15;/h1-4,14-15H,5-8,13H2;1H/p-1. The summed E-state index contributed by atoms with van der Waals surface area (Å²) in [7, 11) is 0. The summed E-state index contributed by atoms with van der Waals surface area (Å²) in [5.41, 5.74) is 5.28. The van der Waals surface area contributed by atoms with E-state index in [4.69, 9.17) is 20.7 Å². The molecule has 0 aromatic heterocycles. The lowest BCUT2D eigenvalue weighted by Gasteiger charge is -2.24. The van der Waals surface area contributed by atoms with Crippen LogP contribution in [-0.4, -0.2) is 35.6 Å². The number of ether oxygens (including phenoxy) is 1. The molecular formula is C11H16ClFNO3-. The van der Waals surface area contributed by atoms with Crippen molar-refractivity contribution >= 4 is 0 Å². The molecule has 0 saturated carbocycles. The molecule has 1 aromatic rings. The van der Waals surface area contributed by atoms with Gasteiger partial charge < -0.3 is 33.1 Å². The van der Waals surface area contributed by atoms with Crippen molar-refractivity contribution in [3.63, 3.8) is 0 Å². The van der Waals surface area contributed by atoms with E-state index in [0.717, 1.165) is 5.56 Å². The molecule has 1 aromatic carbocycles. The molecule has 0 amide bonds. The summed E-state index contributed by atoms with van der Waals surface area (Å²) < 4.78 is 17.8. The maximum atomic E-state index is 12.6. The second kappa shape index (κ2) is 7.58. The molecule has 6 heteroatoms. The molecule has 0 fully saturated rings. The highest BCUT2D eigenvalue weighted by molar-refractivity contribution is 5.14. The third kappa shape index (κ3) is 5.43. The predicted molar refractivity (Wildman–Crippen MR) is 57.1 cm³/mol. The molecule has 0 heterocycles. The molecule has 17 heavy (non-hydrogen) atoms. The SMILES string of the molecule is NC(CO)(CO)COCc1ccc(F)cc1.[Cl-]. The van der Waals surface area contributed by atoms with E-state index in [9.17, 15) is 4.39 Å². The van der Waals surface area contributed by atoms with Crippen LogP contribution in [-0.2, 0) is 11.3 Å². The van der Waals surface area contributed by atoms with Crippen molar-refractivity contribution in [2.24, 2.45) is 5.73 Å². The van der Waals surface area contributed by atoms with Gasteiger partial charge in [-0.2, -0.15) is 0 Å². The second-order valence-electron chi connectivity index (χ2n) is 3.80. The first-order valence-electron chi connectivity index (χ1n) is 4.92. The Balaban J connectivity index is 0.00000256. The summed E-state index contributed by atoms with van der Waals surface area (Å²) >= 11 is 0. The van der Waals surface area contributed by atoms with Gasteiger partial charge in [0.25, 0.3) is 0 Å². The number of rotatable bonds is 6. The monoisotopic (exact) mass is 264 g/mol. The van der Waals surface area contributed by atoms with Crippen molar-refractivity contribution in [1.29, 1.82) is 0 Å². The Labute approximate surface area is 106 Å². The highest BCUT2D eigenvalue weighted by Crippen LogP contribution is 2.06. The van der Waals surface area contributed by atoms with Crippen molar-refractivity contribution in [3.8, 4) is 0 Å². The van der Waals surface area contributed by atoms with Gasteiger partial charge in [-0.25, -0.2) is 4.39 Å². The van der Waals surface area contributed by atoms with Crippen LogP contribution in [0.1, 0.15) is 5.56 Å². The smallest absolute Gasteiger partial charge is 0.123 e. The minimum Gasteiger partial charge on any atom is -1.00 e. The number of nitrogens with two attached hydrogens (primary N) is 1. The van der Waals surface area contributed by atoms with Crippen molar-refractivity contribution in [1.82, 2.24) is 0 Å². The van der Waals surface area contributed by atoms with Gasteiger partial charge in [-0.3, -0.25) is 0 Å². The summed E-state index contributed by atoms with van der Waals surface area (Å²) in [6.07, 6.45) is 0. The van der Waals surface area contributed by atoms with Crippen LogP contribution < -0.4 is 18.1 Å². The number of benzene rings is 1. The Kier molecular flexibility index (Phi) is 7.26. The molecule has 0 bridgehead atoms. The number of aliphatic hydroxyl groups is 2. The van der Waals surface area contributed by atoms with E-state index in [1.807, 2.05) is 0 Å². The molecule has 4 N–H and O–H groups in total. The lowest BCUT2D eigenvalue weighted by molar-refractivity contribution is -0.0000116.